The van der Waals surface area contributed by atoms with Crippen molar-refractivity contribution < 1.29 is 18.3 Å². The Morgan fingerprint density at radius 2 is 2.24 bits per heavy atom. The summed E-state index contributed by atoms with van der Waals surface area (Å²) in [4.78, 5) is 0. The molecule has 17 heavy (non-hydrogen) atoms. The number of ether oxygens (including phenoxy) is 1. The third-order valence-corrected chi connectivity index (χ3v) is 4.64. The molecule has 1 aliphatic heterocycles. The molecule has 0 bridgehead atoms. The predicted octanol–water partition coefficient (Wildman–Crippen LogP) is -0.440. The van der Waals surface area contributed by atoms with Crippen molar-refractivity contribution in [2.75, 3.05) is 33.4 Å². The third kappa shape index (κ3) is 4.51. The van der Waals surface area contributed by atoms with Crippen molar-refractivity contribution in [2.45, 2.75) is 25.9 Å². The summed E-state index contributed by atoms with van der Waals surface area (Å²) >= 11 is 0. The summed E-state index contributed by atoms with van der Waals surface area (Å²) in [6.07, 6.45) is 1.45. The first-order valence-electron chi connectivity index (χ1n) is 5.90. The molecule has 2 unspecified atom stereocenters. The van der Waals surface area contributed by atoms with E-state index < -0.39 is 10.2 Å². The minimum absolute atomic E-state index is 0.00659. The molecule has 102 valence electrons. The van der Waals surface area contributed by atoms with Crippen molar-refractivity contribution in [3.63, 3.8) is 0 Å². The van der Waals surface area contributed by atoms with E-state index in [1.165, 1.54) is 11.4 Å². The van der Waals surface area contributed by atoms with Crippen LogP contribution in [0.5, 0.6) is 0 Å². The van der Waals surface area contributed by atoms with Gasteiger partial charge in [0.1, 0.15) is 0 Å². The SMILES string of the molecule is CC1OCCC1CNS(=O)(=O)N(C)CCCO. The highest BCUT2D eigenvalue weighted by atomic mass is 32.2. The van der Waals surface area contributed by atoms with Gasteiger partial charge >= 0.3 is 0 Å². The lowest BCUT2D eigenvalue weighted by atomic mass is 10.0. The molecular formula is C10H22N2O4S. The molecule has 7 heteroatoms. The molecule has 0 spiro atoms. The predicted molar refractivity (Wildman–Crippen MR) is 64.8 cm³/mol. The van der Waals surface area contributed by atoms with E-state index in [1.807, 2.05) is 6.92 Å². The van der Waals surface area contributed by atoms with Gasteiger partial charge < -0.3 is 9.84 Å². The Morgan fingerprint density at radius 1 is 1.53 bits per heavy atom. The number of hydrogen-bond donors (Lipinski definition) is 2. The fourth-order valence-electron chi connectivity index (χ4n) is 1.78. The van der Waals surface area contributed by atoms with Crippen LogP contribution >= 0.6 is 0 Å². The fraction of sp³-hybridized carbons (Fsp3) is 1.00. The summed E-state index contributed by atoms with van der Waals surface area (Å²) in [5, 5.41) is 8.66. The average Bonchev–Trinajstić information content (AvgIpc) is 2.69. The Morgan fingerprint density at radius 3 is 2.76 bits per heavy atom. The second-order valence-electron chi connectivity index (χ2n) is 4.38. The molecule has 1 fully saturated rings. The van der Waals surface area contributed by atoms with Gasteiger partial charge in [0.25, 0.3) is 10.2 Å². The highest BCUT2D eigenvalue weighted by Crippen LogP contribution is 2.19. The smallest absolute Gasteiger partial charge is 0.279 e. The molecule has 1 rings (SSSR count). The Labute approximate surface area is 103 Å². The largest absolute Gasteiger partial charge is 0.396 e. The quantitative estimate of drug-likeness (QED) is 0.655. The monoisotopic (exact) mass is 266 g/mol. The lowest BCUT2D eigenvalue weighted by Gasteiger charge is -2.20. The van der Waals surface area contributed by atoms with Crippen molar-refractivity contribution in [3.05, 3.63) is 0 Å². The van der Waals surface area contributed by atoms with Crippen LogP contribution in [0.4, 0.5) is 0 Å². The molecule has 1 heterocycles. The van der Waals surface area contributed by atoms with Crippen LogP contribution in [0.2, 0.25) is 0 Å². The molecule has 0 radical (unpaired) electrons. The normalized spacial score (nSPS) is 25.6. The Balaban J connectivity index is 2.38. The lowest BCUT2D eigenvalue weighted by molar-refractivity contribution is 0.106. The van der Waals surface area contributed by atoms with Crippen molar-refractivity contribution in [1.82, 2.24) is 9.03 Å². The minimum Gasteiger partial charge on any atom is -0.396 e. The number of aliphatic hydroxyl groups is 1. The van der Waals surface area contributed by atoms with Crippen LogP contribution < -0.4 is 4.72 Å². The highest BCUT2D eigenvalue weighted by Gasteiger charge is 2.26. The fourth-order valence-corrected chi connectivity index (χ4v) is 2.79. The standard InChI is InChI=1S/C10H22N2O4S/c1-9-10(4-7-16-9)8-11-17(14,15)12(2)5-3-6-13/h9-11,13H,3-8H2,1-2H3. The molecule has 0 aromatic carbocycles. The average molecular weight is 266 g/mol. The van der Waals surface area contributed by atoms with E-state index in [4.69, 9.17) is 9.84 Å². The molecule has 1 aliphatic rings. The van der Waals surface area contributed by atoms with Crippen LogP contribution in [0.3, 0.4) is 0 Å². The number of rotatable bonds is 7. The van der Waals surface area contributed by atoms with Gasteiger partial charge in [-0.2, -0.15) is 12.7 Å². The van der Waals surface area contributed by atoms with Crippen LogP contribution in [0, 0.1) is 5.92 Å². The first-order chi connectivity index (χ1) is 7.97. The van der Waals surface area contributed by atoms with E-state index in [9.17, 15) is 8.42 Å². The van der Waals surface area contributed by atoms with Crippen molar-refractivity contribution in [2.24, 2.45) is 5.92 Å². The van der Waals surface area contributed by atoms with Gasteiger partial charge in [0.15, 0.2) is 0 Å². The summed E-state index contributed by atoms with van der Waals surface area (Å²) < 4.78 is 32.8. The molecule has 0 amide bonds. The Hall–Kier alpha value is -0.210. The zero-order chi connectivity index (χ0) is 12.9. The zero-order valence-corrected chi connectivity index (χ0v) is 11.2. The maximum Gasteiger partial charge on any atom is 0.279 e. The first-order valence-corrected chi connectivity index (χ1v) is 7.34. The van der Waals surface area contributed by atoms with E-state index in [0.29, 0.717) is 26.1 Å². The summed E-state index contributed by atoms with van der Waals surface area (Å²) in [5.41, 5.74) is 0. The number of aliphatic hydroxyl groups excluding tert-OH is 1. The van der Waals surface area contributed by atoms with Gasteiger partial charge in [0.05, 0.1) is 6.10 Å². The van der Waals surface area contributed by atoms with Crippen molar-refractivity contribution in [3.8, 4) is 0 Å². The lowest BCUT2D eigenvalue weighted by Crippen LogP contribution is -2.41. The molecule has 2 N–H and O–H groups in total. The maximum absolute atomic E-state index is 11.8. The van der Waals surface area contributed by atoms with Gasteiger partial charge in [0, 0.05) is 39.3 Å². The summed E-state index contributed by atoms with van der Waals surface area (Å²) in [5.74, 6) is 0.246. The molecule has 2 atom stereocenters. The molecule has 0 aromatic rings. The Bertz CT molecular complexity index is 320. The van der Waals surface area contributed by atoms with Gasteiger partial charge in [-0.15, -0.1) is 0 Å². The van der Waals surface area contributed by atoms with E-state index in [0.717, 1.165) is 6.42 Å². The molecule has 0 aliphatic carbocycles. The van der Waals surface area contributed by atoms with Crippen LogP contribution in [0.15, 0.2) is 0 Å². The van der Waals surface area contributed by atoms with Crippen molar-refractivity contribution in [1.29, 1.82) is 0 Å². The summed E-state index contributed by atoms with van der Waals surface area (Å²) in [6, 6.07) is 0. The van der Waals surface area contributed by atoms with Gasteiger partial charge in [-0.1, -0.05) is 0 Å². The third-order valence-electron chi connectivity index (χ3n) is 3.10. The zero-order valence-electron chi connectivity index (χ0n) is 10.4. The molecule has 0 aromatic heterocycles. The first kappa shape index (κ1) is 14.8. The van der Waals surface area contributed by atoms with Crippen LogP contribution in [0.25, 0.3) is 0 Å². The maximum atomic E-state index is 11.8. The van der Waals surface area contributed by atoms with Gasteiger partial charge in [-0.05, 0) is 19.8 Å². The van der Waals surface area contributed by atoms with Crippen molar-refractivity contribution >= 4 is 10.2 Å². The second-order valence-corrected chi connectivity index (χ2v) is 6.24. The number of nitrogens with zero attached hydrogens (tertiary/aromatic N) is 1. The van der Waals surface area contributed by atoms with E-state index in [2.05, 4.69) is 4.72 Å². The van der Waals surface area contributed by atoms with E-state index in [1.54, 1.807) is 0 Å². The van der Waals surface area contributed by atoms with Gasteiger partial charge in [0.2, 0.25) is 0 Å². The Kier molecular flexibility index (Phi) is 5.81. The van der Waals surface area contributed by atoms with E-state index in [-0.39, 0.29) is 18.6 Å². The summed E-state index contributed by atoms with van der Waals surface area (Å²) in [7, 11) is -1.92. The topological polar surface area (TPSA) is 78.9 Å². The highest BCUT2D eigenvalue weighted by molar-refractivity contribution is 7.87. The molecule has 0 saturated carbocycles. The molecule has 6 nitrogen and oxygen atoms in total. The van der Waals surface area contributed by atoms with Crippen LogP contribution in [0.1, 0.15) is 19.8 Å². The number of hydrogen-bond acceptors (Lipinski definition) is 4. The second kappa shape index (κ2) is 6.65. The minimum atomic E-state index is -3.43. The molecular weight excluding hydrogens is 244 g/mol. The van der Waals surface area contributed by atoms with Gasteiger partial charge in [-0.25, -0.2) is 4.72 Å². The van der Waals surface area contributed by atoms with Crippen LogP contribution in [-0.4, -0.2) is 57.3 Å². The van der Waals surface area contributed by atoms with Crippen LogP contribution in [-0.2, 0) is 14.9 Å². The summed E-state index contributed by atoms with van der Waals surface area (Å²) in [6.45, 7) is 3.39. The molecule has 1 saturated heterocycles. The van der Waals surface area contributed by atoms with Gasteiger partial charge in [-0.3, -0.25) is 0 Å². The van der Waals surface area contributed by atoms with E-state index >= 15 is 0 Å². The number of nitrogens with one attached hydrogen (secondary N) is 1.